The molecule has 2 N–H and O–H groups in total. The molecule has 3 rings (SSSR count). The Hall–Kier alpha value is -3.99. The first-order valence-electron chi connectivity index (χ1n) is 11.6. The molecule has 0 spiro atoms. The van der Waals surface area contributed by atoms with E-state index in [0.717, 1.165) is 18.8 Å². The summed E-state index contributed by atoms with van der Waals surface area (Å²) in [5.41, 5.74) is 3.09. The van der Waals surface area contributed by atoms with Crippen LogP contribution in [0, 0.1) is 0 Å². The van der Waals surface area contributed by atoms with Crippen molar-refractivity contribution in [2.75, 3.05) is 56.9 Å². The van der Waals surface area contributed by atoms with Crippen LogP contribution in [0.5, 0.6) is 5.75 Å². The molecule has 0 saturated carbocycles. The number of carbonyl (C=O) groups is 1. The summed E-state index contributed by atoms with van der Waals surface area (Å²) in [6.45, 7) is 8.94. The molecule has 3 aromatic rings. The van der Waals surface area contributed by atoms with Crippen molar-refractivity contribution in [3.8, 4) is 5.75 Å². The lowest BCUT2D eigenvalue weighted by atomic mass is 10.1. The molecule has 0 bridgehead atoms. The number of methoxy groups -OCH3 is 1. The van der Waals surface area contributed by atoms with Crippen molar-refractivity contribution in [3.63, 3.8) is 0 Å². The van der Waals surface area contributed by atoms with Crippen LogP contribution in [0.25, 0.3) is 11.2 Å². The minimum absolute atomic E-state index is 0.0197. The van der Waals surface area contributed by atoms with Crippen molar-refractivity contribution in [1.82, 2.24) is 24.4 Å². The van der Waals surface area contributed by atoms with Gasteiger partial charge in [0.2, 0.25) is 11.9 Å². The fourth-order valence-electron chi connectivity index (χ4n) is 3.60. The molecule has 192 valence electrons. The lowest BCUT2D eigenvalue weighted by Gasteiger charge is -2.26. The van der Waals surface area contributed by atoms with Crippen LogP contribution in [-0.2, 0) is 11.8 Å². The maximum absolute atomic E-state index is 12.7. The van der Waals surface area contributed by atoms with Gasteiger partial charge in [0.1, 0.15) is 17.0 Å². The van der Waals surface area contributed by atoms with Crippen LogP contribution in [0.3, 0.4) is 0 Å². The summed E-state index contributed by atoms with van der Waals surface area (Å²) in [5, 5.41) is 6.02. The highest BCUT2D eigenvalue weighted by atomic mass is 16.5. The highest BCUT2D eigenvalue weighted by Crippen LogP contribution is 2.38. The van der Waals surface area contributed by atoms with Gasteiger partial charge in [-0.1, -0.05) is 20.4 Å². The molecule has 0 aliphatic rings. The Kier molecular flexibility index (Phi) is 8.25. The lowest BCUT2D eigenvalue weighted by Crippen LogP contribution is -2.29. The summed E-state index contributed by atoms with van der Waals surface area (Å²) in [4.78, 5) is 42.4. The van der Waals surface area contributed by atoms with Gasteiger partial charge >= 0.3 is 0 Å². The maximum atomic E-state index is 12.7. The standard InChI is InChI=1S/C25H34N8O3/c1-9-21(34)27-16-12-17(20(36-8)13-19(16)32(6)11-10-31(4)5)29-25-26-14-18-23(30-25)33(7)24(35)22(28-18)15(2)3/h9,12-15H,1,10-11H2,2-8H3,(H,27,34)(H,26,29,30). The van der Waals surface area contributed by atoms with Gasteiger partial charge in [-0.15, -0.1) is 0 Å². The number of carbonyl (C=O) groups excluding carboxylic acids is 1. The predicted octanol–water partition coefficient (Wildman–Crippen LogP) is 2.72. The van der Waals surface area contributed by atoms with Gasteiger partial charge in [-0.3, -0.25) is 14.2 Å². The van der Waals surface area contributed by atoms with Gasteiger partial charge in [0.05, 0.1) is 30.4 Å². The van der Waals surface area contributed by atoms with Crippen LogP contribution in [0.1, 0.15) is 25.5 Å². The number of hydrogen-bond acceptors (Lipinski definition) is 9. The fourth-order valence-corrected chi connectivity index (χ4v) is 3.60. The Balaban J connectivity index is 2.05. The number of hydrogen-bond donors (Lipinski definition) is 2. The van der Waals surface area contributed by atoms with Crippen molar-refractivity contribution in [3.05, 3.63) is 47.0 Å². The van der Waals surface area contributed by atoms with E-state index in [4.69, 9.17) is 4.74 Å². The molecule has 0 radical (unpaired) electrons. The third kappa shape index (κ3) is 5.80. The molecule has 0 saturated heterocycles. The fraction of sp³-hybridized carbons (Fsp3) is 0.400. The topological polar surface area (TPSA) is 118 Å². The summed E-state index contributed by atoms with van der Waals surface area (Å²) < 4.78 is 7.11. The molecular formula is C25H34N8O3. The maximum Gasteiger partial charge on any atom is 0.273 e. The minimum atomic E-state index is -0.336. The summed E-state index contributed by atoms with van der Waals surface area (Å²) in [7, 11) is 9.17. The van der Waals surface area contributed by atoms with E-state index in [1.165, 1.54) is 10.6 Å². The zero-order chi connectivity index (χ0) is 26.6. The number of rotatable bonds is 10. The Morgan fingerprint density at radius 2 is 1.92 bits per heavy atom. The number of aromatic nitrogens is 4. The summed E-state index contributed by atoms with van der Waals surface area (Å²) >= 11 is 0. The molecule has 0 fully saturated rings. The number of aryl methyl sites for hydroxylation is 1. The average Bonchev–Trinajstić information content (AvgIpc) is 2.84. The molecule has 0 unspecified atom stereocenters. The molecule has 0 atom stereocenters. The van der Waals surface area contributed by atoms with E-state index in [1.54, 1.807) is 26.4 Å². The molecule has 2 heterocycles. The second-order valence-corrected chi connectivity index (χ2v) is 9.03. The van der Waals surface area contributed by atoms with Crippen LogP contribution in [-0.4, -0.2) is 71.7 Å². The van der Waals surface area contributed by atoms with Crippen LogP contribution >= 0.6 is 0 Å². The number of nitrogens with one attached hydrogen (secondary N) is 2. The number of nitrogens with zero attached hydrogens (tertiary/aromatic N) is 6. The van der Waals surface area contributed by atoms with Crippen LogP contribution < -0.4 is 25.8 Å². The van der Waals surface area contributed by atoms with E-state index in [2.05, 4.69) is 37.1 Å². The van der Waals surface area contributed by atoms with Crippen molar-refractivity contribution >= 4 is 40.1 Å². The molecule has 1 amide bonds. The third-order valence-corrected chi connectivity index (χ3v) is 5.68. The number of ether oxygens (including phenoxy) is 1. The van der Waals surface area contributed by atoms with Gasteiger partial charge < -0.3 is 25.2 Å². The van der Waals surface area contributed by atoms with E-state index in [1.807, 2.05) is 46.0 Å². The van der Waals surface area contributed by atoms with Gasteiger partial charge in [-0.05, 0) is 26.2 Å². The number of likely N-dealkylation sites (N-methyl/N-ethyl adjacent to an activating group) is 2. The van der Waals surface area contributed by atoms with E-state index in [-0.39, 0.29) is 23.3 Å². The first-order chi connectivity index (χ1) is 17.0. The molecule has 2 aromatic heterocycles. The summed E-state index contributed by atoms with van der Waals surface area (Å²) in [6.07, 6.45) is 2.79. The summed E-state index contributed by atoms with van der Waals surface area (Å²) in [5.74, 6) is 0.430. The largest absolute Gasteiger partial charge is 0.494 e. The second-order valence-electron chi connectivity index (χ2n) is 9.03. The number of fused-ring (bicyclic) bond motifs is 1. The lowest BCUT2D eigenvalue weighted by molar-refractivity contribution is -0.111. The Bertz CT molecular complexity index is 1330. The highest BCUT2D eigenvalue weighted by Gasteiger charge is 2.18. The normalized spacial score (nSPS) is 11.1. The van der Waals surface area contributed by atoms with Crippen LogP contribution in [0.4, 0.5) is 23.0 Å². The van der Waals surface area contributed by atoms with Crippen molar-refractivity contribution < 1.29 is 9.53 Å². The van der Waals surface area contributed by atoms with Crippen LogP contribution in [0.15, 0.2) is 35.8 Å². The molecule has 0 aliphatic carbocycles. The predicted molar refractivity (Wildman–Crippen MR) is 144 cm³/mol. The Morgan fingerprint density at radius 3 is 2.53 bits per heavy atom. The zero-order valence-corrected chi connectivity index (χ0v) is 21.9. The smallest absolute Gasteiger partial charge is 0.273 e. The van der Waals surface area contributed by atoms with Gasteiger partial charge in [-0.2, -0.15) is 4.98 Å². The SMILES string of the molecule is C=CC(=O)Nc1cc(Nc2ncc3nc(C(C)C)c(=O)n(C)c3n2)c(OC)cc1N(C)CCN(C)C. The van der Waals surface area contributed by atoms with E-state index in [9.17, 15) is 9.59 Å². The van der Waals surface area contributed by atoms with Crippen molar-refractivity contribution in [2.24, 2.45) is 7.05 Å². The molecule has 36 heavy (non-hydrogen) atoms. The molecule has 1 aromatic carbocycles. The van der Waals surface area contributed by atoms with Gasteiger partial charge in [0, 0.05) is 39.2 Å². The monoisotopic (exact) mass is 494 g/mol. The van der Waals surface area contributed by atoms with E-state index in [0.29, 0.717) is 34.0 Å². The van der Waals surface area contributed by atoms with Crippen molar-refractivity contribution in [2.45, 2.75) is 19.8 Å². The van der Waals surface area contributed by atoms with E-state index >= 15 is 0 Å². The van der Waals surface area contributed by atoms with E-state index < -0.39 is 0 Å². The molecule has 0 aliphatic heterocycles. The Labute approximate surface area is 210 Å². The zero-order valence-electron chi connectivity index (χ0n) is 21.9. The van der Waals surface area contributed by atoms with Gasteiger partial charge in [0.25, 0.3) is 5.56 Å². The minimum Gasteiger partial charge on any atom is -0.494 e. The number of anilines is 4. The third-order valence-electron chi connectivity index (χ3n) is 5.68. The average molecular weight is 495 g/mol. The Morgan fingerprint density at radius 1 is 1.19 bits per heavy atom. The molecule has 11 heteroatoms. The first kappa shape index (κ1) is 26.6. The highest BCUT2D eigenvalue weighted by molar-refractivity contribution is 6.02. The number of benzene rings is 1. The van der Waals surface area contributed by atoms with Crippen molar-refractivity contribution in [1.29, 1.82) is 0 Å². The molecular weight excluding hydrogens is 460 g/mol. The quantitative estimate of drug-likeness (QED) is 0.410. The van der Waals surface area contributed by atoms with Gasteiger partial charge in [0.15, 0.2) is 5.65 Å². The van der Waals surface area contributed by atoms with Gasteiger partial charge in [-0.25, -0.2) is 9.97 Å². The van der Waals surface area contributed by atoms with Crippen LogP contribution in [0.2, 0.25) is 0 Å². The number of amides is 1. The first-order valence-corrected chi connectivity index (χ1v) is 11.6. The second kappa shape index (κ2) is 11.2. The summed E-state index contributed by atoms with van der Waals surface area (Å²) in [6, 6.07) is 3.60. The molecule has 11 nitrogen and oxygen atoms in total.